The lowest BCUT2D eigenvalue weighted by molar-refractivity contribution is 0.299. The van der Waals surface area contributed by atoms with E-state index in [1.807, 2.05) is 6.07 Å². The Kier molecular flexibility index (Phi) is 5.49. The number of imidazole rings is 1. The van der Waals surface area contributed by atoms with Crippen LogP contribution in [0.5, 0.6) is 5.75 Å². The van der Waals surface area contributed by atoms with Crippen LogP contribution in [0.3, 0.4) is 0 Å². The van der Waals surface area contributed by atoms with Crippen LogP contribution in [-0.2, 0) is 6.54 Å². The van der Waals surface area contributed by atoms with Gasteiger partial charge in [-0.25, -0.2) is 4.98 Å². The summed E-state index contributed by atoms with van der Waals surface area (Å²) in [7, 11) is 0. The molecule has 0 aliphatic rings. The molecule has 2 aromatic heterocycles. The Bertz CT molecular complexity index is 1060. The zero-order valence-electron chi connectivity index (χ0n) is 16.7. The van der Waals surface area contributed by atoms with E-state index in [1.54, 1.807) is 11.3 Å². The summed E-state index contributed by atoms with van der Waals surface area (Å²) in [6.07, 6.45) is 0.935. The quantitative estimate of drug-likeness (QED) is 0.330. The molecule has 144 valence electrons. The number of thiophene rings is 1. The Morgan fingerprint density at radius 2 is 1.93 bits per heavy atom. The summed E-state index contributed by atoms with van der Waals surface area (Å²) in [5, 5.41) is 2.10. The van der Waals surface area contributed by atoms with E-state index in [1.165, 1.54) is 21.5 Å². The molecule has 0 spiro atoms. The molecular formula is C24H26N2OS. The van der Waals surface area contributed by atoms with Crippen molar-refractivity contribution in [1.82, 2.24) is 9.55 Å². The van der Waals surface area contributed by atoms with Gasteiger partial charge in [0, 0.05) is 6.54 Å². The van der Waals surface area contributed by atoms with E-state index in [4.69, 9.17) is 9.72 Å². The van der Waals surface area contributed by atoms with Gasteiger partial charge in [-0.05, 0) is 60.0 Å². The Morgan fingerprint density at radius 1 is 1.07 bits per heavy atom. The molecular weight excluding hydrogens is 364 g/mol. The van der Waals surface area contributed by atoms with Crippen molar-refractivity contribution >= 4 is 22.4 Å². The third kappa shape index (κ3) is 3.83. The molecule has 0 saturated heterocycles. The van der Waals surface area contributed by atoms with Crippen LogP contribution in [0.25, 0.3) is 21.7 Å². The second-order valence-electron chi connectivity index (χ2n) is 7.45. The van der Waals surface area contributed by atoms with Crippen molar-refractivity contribution in [2.45, 2.75) is 39.7 Å². The summed E-state index contributed by atoms with van der Waals surface area (Å²) in [4.78, 5) is 6.08. The molecule has 4 aromatic rings. The molecule has 0 amide bonds. The van der Waals surface area contributed by atoms with Crippen LogP contribution in [0.2, 0.25) is 0 Å². The number of aromatic nitrogens is 2. The summed E-state index contributed by atoms with van der Waals surface area (Å²) in [5.74, 6) is 2.53. The zero-order chi connectivity index (χ0) is 19.5. The van der Waals surface area contributed by atoms with Crippen LogP contribution in [0.1, 0.15) is 37.3 Å². The lowest BCUT2D eigenvalue weighted by Crippen LogP contribution is -2.07. The minimum Gasteiger partial charge on any atom is -0.493 e. The van der Waals surface area contributed by atoms with Gasteiger partial charge < -0.3 is 9.30 Å². The lowest BCUT2D eigenvalue weighted by Gasteiger charge is -2.15. The molecule has 0 saturated carbocycles. The molecule has 0 N–H and O–H groups in total. The molecule has 0 unspecified atom stereocenters. The van der Waals surface area contributed by atoms with E-state index < -0.39 is 0 Å². The average Bonchev–Trinajstić information content (AvgIpc) is 3.33. The number of rotatable bonds is 7. The molecule has 3 nitrogen and oxygen atoms in total. The van der Waals surface area contributed by atoms with Crippen molar-refractivity contribution in [2.75, 3.05) is 6.61 Å². The van der Waals surface area contributed by atoms with Crippen molar-refractivity contribution in [3.05, 3.63) is 71.1 Å². The van der Waals surface area contributed by atoms with Crippen molar-refractivity contribution in [1.29, 1.82) is 0 Å². The molecule has 4 rings (SSSR count). The summed E-state index contributed by atoms with van der Waals surface area (Å²) < 4.78 is 8.51. The molecule has 2 heterocycles. The van der Waals surface area contributed by atoms with Crippen molar-refractivity contribution in [2.24, 2.45) is 0 Å². The SMILES string of the molecule is Cc1ccc(C(C)C)c(OCCCn2c(-c3cccs3)nc3ccccc32)c1. The first kappa shape index (κ1) is 18.8. The monoisotopic (exact) mass is 390 g/mol. The largest absolute Gasteiger partial charge is 0.493 e. The first-order valence-electron chi connectivity index (χ1n) is 9.86. The number of fused-ring (bicyclic) bond motifs is 1. The molecule has 0 fully saturated rings. The van der Waals surface area contributed by atoms with Gasteiger partial charge in [-0.2, -0.15) is 0 Å². The summed E-state index contributed by atoms with van der Waals surface area (Å²) in [6, 6.07) is 19.1. The predicted octanol–water partition coefficient (Wildman–Crippen LogP) is 6.67. The number of benzene rings is 2. The topological polar surface area (TPSA) is 27.1 Å². The lowest BCUT2D eigenvalue weighted by atomic mass is 10.0. The van der Waals surface area contributed by atoms with Crippen LogP contribution in [0, 0.1) is 6.92 Å². The smallest absolute Gasteiger partial charge is 0.151 e. The second kappa shape index (κ2) is 8.19. The Balaban J connectivity index is 1.51. The molecule has 0 radical (unpaired) electrons. The Morgan fingerprint density at radius 3 is 2.71 bits per heavy atom. The standard InChI is InChI=1S/C24H26N2OS/c1-17(2)19-12-11-18(3)16-22(19)27-14-7-13-26-21-9-5-4-8-20(21)25-24(26)23-10-6-15-28-23/h4-6,8-12,15-17H,7,13-14H2,1-3H3. The van der Waals surface area contributed by atoms with E-state index in [9.17, 15) is 0 Å². The van der Waals surface area contributed by atoms with Crippen LogP contribution < -0.4 is 4.74 Å². The highest BCUT2D eigenvalue weighted by atomic mass is 32.1. The molecule has 0 aliphatic carbocycles. The van der Waals surface area contributed by atoms with Crippen molar-refractivity contribution in [3.8, 4) is 16.5 Å². The summed E-state index contributed by atoms with van der Waals surface area (Å²) in [6.45, 7) is 8.11. The van der Waals surface area contributed by atoms with Gasteiger partial charge in [0.05, 0.1) is 22.5 Å². The van der Waals surface area contributed by atoms with Crippen molar-refractivity contribution in [3.63, 3.8) is 0 Å². The minimum absolute atomic E-state index is 0.457. The van der Waals surface area contributed by atoms with Gasteiger partial charge in [-0.1, -0.05) is 44.2 Å². The fourth-order valence-corrected chi connectivity index (χ4v) is 4.27. The Labute approximate surface area is 170 Å². The number of ether oxygens (including phenoxy) is 1. The van der Waals surface area contributed by atoms with E-state index >= 15 is 0 Å². The first-order valence-corrected chi connectivity index (χ1v) is 10.7. The highest BCUT2D eigenvalue weighted by Gasteiger charge is 2.13. The maximum Gasteiger partial charge on any atom is 0.151 e. The van der Waals surface area contributed by atoms with Crippen LogP contribution in [0.4, 0.5) is 0 Å². The maximum absolute atomic E-state index is 6.19. The molecule has 0 atom stereocenters. The first-order chi connectivity index (χ1) is 13.6. The molecule has 28 heavy (non-hydrogen) atoms. The van der Waals surface area contributed by atoms with Gasteiger partial charge in [-0.15, -0.1) is 11.3 Å². The number of aryl methyl sites for hydroxylation is 2. The maximum atomic E-state index is 6.19. The van der Waals surface area contributed by atoms with Crippen LogP contribution in [0.15, 0.2) is 60.0 Å². The highest BCUT2D eigenvalue weighted by Crippen LogP contribution is 2.29. The third-order valence-corrected chi connectivity index (χ3v) is 5.84. The van der Waals surface area contributed by atoms with Crippen LogP contribution in [-0.4, -0.2) is 16.2 Å². The fourth-order valence-electron chi connectivity index (χ4n) is 3.54. The van der Waals surface area contributed by atoms with E-state index in [0.29, 0.717) is 12.5 Å². The Hall–Kier alpha value is -2.59. The molecule has 2 aromatic carbocycles. The van der Waals surface area contributed by atoms with E-state index in [2.05, 4.69) is 79.2 Å². The van der Waals surface area contributed by atoms with Gasteiger partial charge in [0.25, 0.3) is 0 Å². The zero-order valence-corrected chi connectivity index (χ0v) is 17.5. The number of para-hydroxylation sites is 2. The minimum atomic E-state index is 0.457. The third-order valence-electron chi connectivity index (χ3n) is 4.97. The van der Waals surface area contributed by atoms with Gasteiger partial charge in [-0.3, -0.25) is 0 Å². The number of nitrogens with zero attached hydrogens (tertiary/aromatic N) is 2. The number of hydrogen-bond acceptors (Lipinski definition) is 3. The molecule has 4 heteroatoms. The van der Waals surface area contributed by atoms with E-state index in [-0.39, 0.29) is 0 Å². The fraction of sp³-hybridized carbons (Fsp3) is 0.292. The van der Waals surface area contributed by atoms with Gasteiger partial charge in [0.2, 0.25) is 0 Å². The summed E-state index contributed by atoms with van der Waals surface area (Å²) >= 11 is 1.73. The van der Waals surface area contributed by atoms with Gasteiger partial charge in [0.15, 0.2) is 5.82 Å². The van der Waals surface area contributed by atoms with Gasteiger partial charge in [0.1, 0.15) is 5.75 Å². The predicted molar refractivity (Wildman–Crippen MR) is 118 cm³/mol. The highest BCUT2D eigenvalue weighted by molar-refractivity contribution is 7.13. The molecule has 0 aliphatic heterocycles. The average molecular weight is 391 g/mol. The second-order valence-corrected chi connectivity index (χ2v) is 8.40. The van der Waals surface area contributed by atoms with Crippen LogP contribution >= 0.6 is 11.3 Å². The van der Waals surface area contributed by atoms with E-state index in [0.717, 1.165) is 30.1 Å². The molecule has 0 bridgehead atoms. The number of hydrogen-bond donors (Lipinski definition) is 0. The van der Waals surface area contributed by atoms with Gasteiger partial charge >= 0.3 is 0 Å². The van der Waals surface area contributed by atoms with Crippen molar-refractivity contribution < 1.29 is 4.74 Å². The normalized spacial score (nSPS) is 11.4. The summed E-state index contributed by atoms with van der Waals surface area (Å²) in [5.41, 5.74) is 4.75.